The van der Waals surface area contributed by atoms with Crippen LogP contribution in [0.4, 0.5) is 0 Å². The van der Waals surface area contributed by atoms with Crippen LogP contribution in [-0.4, -0.2) is 17.8 Å². The van der Waals surface area contributed by atoms with Gasteiger partial charge in [-0.25, -0.2) is 0 Å². The third kappa shape index (κ3) is 2.00. The van der Waals surface area contributed by atoms with Crippen LogP contribution in [0.3, 0.4) is 0 Å². The number of hydrogen-bond donors (Lipinski definition) is 1. The molecule has 2 heteroatoms. The van der Waals surface area contributed by atoms with Crippen molar-refractivity contribution in [3.8, 4) is 0 Å². The highest BCUT2D eigenvalue weighted by atomic mass is 16.5. The van der Waals surface area contributed by atoms with Crippen molar-refractivity contribution in [2.45, 2.75) is 45.3 Å². The fraction of sp³-hybridized carbons (Fsp3) is 0.571. The Balaban J connectivity index is 2.14. The number of benzene rings is 1. The van der Waals surface area contributed by atoms with Crippen LogP contribution >= 0.6 is 0 Å². The van der Waals surface area contributed by atoms with Gasteiger partial charge in [0.15, 0.2) is 0 Å². The lowest BCUT2D eigenvalue weighted by Crippen LogP contribution is -2.46. The molecule has 1 fully saturated rings. The summed E-state index contributed by atoms with van der Waals surface area (Å²) in [7, 11) is 0. The van der Waals surface area contributed by atoms with E-state index in [4.69, 9.17) is 4.74 Å². The van der Waals surface area contributed by atoms with E-state index in [0.717, 1.165) is 25.0 Å². The van der Waals surface area contributed by atoms with E-state index in [1.807, 2.05) is 13.0 Å². The number of hydrogen-bond acceptors (Lipinski definition) is 2. The van der Waals surface area contributed by atoms with Crippen LogP contribution in [0.15, 0.2) is 18.2 Å². The van der Waals surface area contributed by atoms with E-state index < -0.39 is 5.60 Å². The van der Waals surface area contributed by atoms with Gasteiger partial charge in [0.25, 0.3) is 0 Å². The zero-order valence-electron chi connectivity index (χ0n) is 10.3. The molecule has 0 unspecified atom stereocenters. The first-order valence-electron chi connectivity index (χ1n) is 5.97. The van der Waals surface area contributed by atoms with Gasteiger partial charge >= 0.3 is 0 Å². The number of aryl methyl sites for hydroxylation is 2. The number of aliphatic hydroxyl groups is 1. The quantitative estimate of drug-likeness (QED) is 0.848. The lowest BCUT2D eigenvalue weighted by Gasteiger charge is -2.44. The summed E-state index contributed by atoms with van der Waals surface area (Å²) in [6.07, 6.45) is 1.69. The second-order valence-electron chi connectivity index (χ2n) is 4.84. The largest absolute Gasteiger partial charge is 0.385 e. The van der Waals surface area contributed by atoms with Crippen molar-refractivity contribution >= 4 is 0 Å². The van der Waals surface area contributed by atoms with Crippen LogP contribution in [0.25, 0.3) is 0 Å². The molecule has 1 saturated carbocycles. The lowest BCUT2D eigenvalue weighted by molar-refractivity contribution is -0.143. The summed E-state index contributed by atoms with van der Waals surface area (Å²) in [5.74, 6) is 0. The summed E-state index contributed by atoms with van der Waals surface area (Å²) in [4.78, 5) is 0. The molecule has 1 aliphatic rings. The van der Waals surface area contributed by atoms with Gasteiger partial charge in [-0.1, -0.05) is 23.8 Å². The molecule has 1 aromatic rings. The van der Waals surface area contributed by atoms with Gasteiger partial charge in [0.2, 0.25) is 0 Å². The molecular weight excluding hydrogens is 200 g/mol. The number of ether oxygens (including phenoxy) is 1. The minimum atomic E-state index is -0.655. The first-order chi connectivity index (χ1) is 7.55. The Labute approximate surface area is 97.3 Å². The molecule has 0 heterocycles. The molecule has 88 valence electrons. The van der Waals surface area contributed by atoms with Crippen molar-refractivity contribution in [1.29, 1.82) is 0 Å². The van der Waals surface area contributed by atoms with Crippen LogP contribution in [0.2, 0.25) is 0 Å². The number of rotatable bonds is 3. The highest BCUT2D eigenvalue weighted by Gasteiger charge is 2.45. The van der Waals surface area contributed by atoms with E-state index in [9.17, 15) is 5.11 Å². The molecule has 0 spiro atoms. The summed E-state index contributed by atoms with van der Waals surface area (Å²) in [5.41, 5.74) is 2.83. The molecule has 0 aromatic heterocycles. The fourth-order valence-corrected chi connectivity index (χ4v) is 2.60. The van der Waals surface area contributed by atoms with Crippen molar-refractivity contribution in [2.75, 3.05) is 6.61 Å². The highest BCUT2D eigenvalue weighted by Crippen LogP contribution is 2.44. The zero-order valence-corrected chi connectivity index (χ0v) is 10.3. The third-order valence-electron chi connectivity index (χ3n) is 3.42. The second-order valence-corrected chi connectivity index (χ2v) is 4.84. The zero-order chi connectivity index (χ0) is 11.8. The molecular formula is C14H20O2. The van der Waals surface area contributed by atoms with Gasteiger partial charge in [-0.15, -0.1) is 0 Å². The van der Waals surface area contributed by atoms with E-state index in [0.29, 0.717) is 0 Å². The predicted molar refractivity (Wildman–Crippen MR) is 64.5 cm³/mol. The molecule has 0 saturated heterocycles. The van der Waals surface area contributed by atoms with Gasteiger partial charge in [0.1, 0.15) is 0 Å². The van der Waals surface area contributed by atoms with Crippen LogP contribution in [0.5, 0.6) is 0 Å². The van der Waals surface area contributed by atoms with Crippen molar-refractivity contribution in [3.63, 3.8) is 0 Å². The molecule has 0 atom stereocenters. The first kappa shape index (κ1) is 11.6. The molecule has 16 heavy (non-hydrogen) atoms. The van der Waals surface area contributed by atoms with Crippen molar-refractivity contribution in [3.05, 3.63) is 34.9 Å². The maximum Gasteiger partial charge on any atom is 0.0948 e. The summed E-state index contributed by atoms with van der Waals surface area (Å²) >= 11 is 0. The summed E-state index contributed by atoms with van der Waals surface area (Å²) in [6, 6.07) is 6.24. The van der Waals surface area contributed by atoms with Gasteiger partial charge in [0.05, 0.1) is 11.7 Å². The van der Waals surface area contributed by atoms with Crippen molar-refractivity contribution in [1.82, 2.24) is 0 Å². The SMILES string of the molecule is CCOC1CC(O)(c2ccc(C)cc2C)C1. The molecule has 1 aliphatic carbocycles. The summed E-state index contributed by atoms with van der Waals surface area (Å²) < 4.78 is 5.50. The average molecular weight is 220 g/mol. The Bertz CT molecular complexity index is 378. The van der Waals surface area contributed by atoms with E-state index in [2.05, 4.69) is 26.0 Å². The normalized spacial score (nSPS) is 28.9. The summed E-state index contributed by atoms with van der Waals surface area (Å²) in [5, 5.41) is 10.5. The van der Waals surface area contributed by atoms with Gasteiger partial charge in [-0.05, 0) is 31.9 Å². The molecule has 2 rings (SSSR count). The molecule has 1 aromatic carbocycles. The van der Waals surface area contributed by atoms with Crippen LogP contribution in [0, 0.1) is 13.8 Å². The Morgan fingerprint density at radius 2 is 2.06 bits per heavy atom. The second kappa shape index (κ2) is 4.19. The van der Waals surface area contributed by atoms with Gasteiger partial charge < -0.3 is 9.84 Å². The van der Waals surface area contributed by atoms with E-state index in [1.54, 1.807) is 0 Å². The molecule has 0 amide bonds. The van der Waals surface area contributed by atoms with Crippen LogP contribution in [-0.2, 0) is 10.3 Å². The smallest absolute Gasteiger partial charge is 0.0948 e. The Hall–Kier alpha value is -0.860. The topological polar surface area (TPSA) is 29.5 Å². The van der Waals surface area contributed by atoms with E-state index in [1.165, 1.54) is 11.1 Å². The minimum absolute atomic E-state index is 0.232. The molecule has 1 N–H and O–H groups in total. The Kier molecular flexibility index (Phi) is 3.04. The van der Waals surface area contributed by atoms with Crippen molar-refractivity contribution in [2.24, 2.45) is 0 Å². The van der Waals surface area contributed by atoms with Gasteiger partial charge in [-0.3, -0.25) is 0 Å². The monoisotopic (exact) mass is 220 g/mol. The maximum atomic E-state index is 10.5. The first-order valence-corrected chi connectivity index (χ1v) is 5.97. The standard InChI is InChI=1S/C14H20O2/c1-4-16-12-8-14(15,9-12)13-6-5-10(2)7-11(13)3/h5-7,12,15H,4,8-9H2,1-3H3. The average Bonchev–Trinajstić information content (AvgIpc) is 2.15. The summed E-state index contributed by atoms with van der Waals surface area (Å²) in [6.45, 7) is 6.86. The Morgan fingerprint density at radius 1 is 1.38 bits per heavy atom. The predicted octanol–water partition coefficient (Wildman–Crippen LogP) is 2.69. The third-order valence-corrected chi connectivity index (χ3v) is 3.42. The fourth-order valence-electron chi connectivity index (χ4n) is 2.60. The van der Waals surface area contributed by atoms with Gasteiger partial charge in [0, 0.05) is 19.4 Å². The Morgan fingerprint density at radius 3 is 2.62 bits per heavy atom. The van der Waals surface area contributed by atoms with E-state index >= 15 is 0 Å². The molecule has 2 nitrogen and oxygen atoms in total. The van der Waals surface area contributed by atoms with Crippen LogP contribution in [0.1, 0.15) is 36.5 Å². The minimum Gasteiger partial charge on any atom is -0.385 e. The maximum absolute atomic E-state index is 10.5. The van der Waals surface area contributed by atoms with Gasteiger partial charge in [-0.2, -0.15) is 0 Å². The highest BCUT2D eigenvalue weighted by molar-refractivity contribution is 5.36. The lowest BCUT2D eigenvalue weighted by atomic mass is 9.71. The van der Waals surface area contributed by atoms with E-state index in [-0.39, 0.29) is 6.10 Å². The molecule has 0 aliphatic heterocycles. The van der Waals surface area contributed by atoms with Crippen LogP contribution < -0.4 is 0 Å². The molecule has 0 radical (unpaired) electrons. The molecule has 0 bridgehead atoms. The van der Waals surface area contributed by atoms with Crippen molar-refractivity contribution < 1.29 is 9.84 Å².